The van der Waals surface area contributed by atoms with Gasteiger partial charge in [-0.3, -0.25) is 9.36 Å². The van der Waals surface area contributed by atoms with E-state index >= 15 is 0 Å². The van der Waals surface area contributed by atoms with Crippen LogP contribution >= 0.6 is 0 Å². The molecule has 2 heterocycles. The molecular weight excluding hydrogens is 535 g/mol. The number of aryl methyl sites for hydroxylation is 1. The number of nitrogens with zero attached hydrogens (tertiary/aromatic N) is 4. The summed E-state index contributed by atoms with van der Waals surface area (Å²) in [6, 6.07) is 4.80. The van der Waals surface area contributed by atoms with Crippen LogP contribution in [0, 0.1) is 5.82 Å². The van der Waals surface area contributed by atoms with Gasteiger partial charge in [0.05, 0.1) is 12.6 Å². The minimum Gasteiger partial charge on any atom is -0.505 e. The zero-order chi connectivity index (χ0) is 29.5. The highest BCUT2D eigenvalue weighted by molar-refractivity contribution is 6.76. The fraction of sp³-hybridized carbons (Fsp3) is 0.593. The van der Waals surface area contributed by atoms with Crippen molar-refractivity contribution in [3.63, 3.8) is 0 Å². The SMILES string of the molecule is CC(Cn1c(=O)n(COCC[Si](C)(C)C)c(=O)c2c1nc(-c1ccc(O)c(F)c1)n2C)O[Si](C)(C)C(C)(C)C. The molecule has 9 nitrogen and oxygen atoms in total. The lowest BCUT2D eigenvalue weighted by atomic mass is 10.2. The van der Waals surface area contributed by atoms with Crippen molar-refractivity contribution in [1.29, 1.82) is 0 Å². The van der Waals surface area contributed by atoms with E-state index in [4.69, 9.17) is 9.16 Å². The van der Waals surface area contributed by atoms with E-state index in [-0.39, 0.29) is 35.6 Å². The molecule has 0 radical (unpaired) electrons. The molecule has 3 aromatic rings. The Labute approximate surface area is 231 Å². The Bertz CT molecular complexity index is 1460. The molecule has 2 aromatic heterocycles. The van der Waals surface area contributed by atoms with E-state index in [2.05, 4.69) is 58.5 Å². The van der Waals surface area contributed by atoms with Gasteiger partial charge in [0, 0.05) is 27.3 Å². The van der Waals surface area contributed by atoms with Crippen LogP contribution in [0.5, 0.6) is 5.75 Å². The molecule has 0 aliphatic rings. The molecule has 0 aliphatic heterocycles. The first-order valence-electron chi connectivity index (χ1n) is 13.3. The van der Waals surface area contributed by atoms with Crippen molar-refractivity contribution in [1.82, 2.24) is 18.7 Å². The van der Waals surface area contributed by atoms with E-state index in [0.29, 0.717) is 18.0 Å². The minimum absolute atomic E-state index is 0.0222. The smallest absolute Gasteiger partial charge is 0.334 e. The van der Waals surface area contributed by atoms with Crippen molar-refractivity contribution in [2.45, 2.75) is 90.9 Å². The molecule has 39 heavy (non-hydrogen) atoms. The molecule has 0 bridgehead atoms. The number of rotatable bonds is 10. The molecule has 216 valence electrons. The average molecular weight is 579 g/mol. The number of fused-ring (bicyclic) bond motifs is 1. The van der Waals surface area contributed by atoms with Gasteiger partial charge in [0.25, 0.3) is 5.56 Å². The molecule has 0 saturated heterocycles. The quantitative estimate of drug-likeness (QED) is 0.264. The maximum Gasteiger partial charge on any atom is 0.334 e. The lowest BCUT2D eigenvalue weighted by Gasteiger charge is -2.38. The summed E-state index contributed by atoms with van der Waals surface area (Å²) < 4.78 is 30.6. The summed E-state index contributed by atoms with van der Waals surface area (Å²) in [4.78, 5) is 31.9. The monoisotopic (exact) mass is 578 g/mol. The maximum absolute atomic E-state index is 14.2. The normalized spacial score (nSPS) is 13.8. The number of aromatic nitrogens is 4. The Morgan fingerprint density at radius 3 is 2.31 bits per heavy atom. The summed E-state index contributed by atoms with van der Waals surface area (Å²) in [6.45, 7) is 19.8. The van der Waals surface area contributed by atoms with E-state index in [0.717, 1.165) is 16.7 Å². The van der Waals surface area contributed by atoms with Gasteiger partial charge in [-0.05, 0) is 49.3 Å². The summed E-state index contributed by atoms with van der Waals surface area (Å²) in [7, 11) is -1.85. The molecule has 12 heteroatoms. The van der Waals surface area contributed by atoms with Crippen molar-refractivity contribution in [3.8, 4) is 17.1 Å². The average Bonchev–Trinajstić information content (AvgIpc) is 3.13. The molecule has 0 fully saturated rings. The fourth-order valence-corrected chi connectivity index (χ4v) is 6.24. The van der Waals surface area contributed by atoms with Crippen LogP contribution in [0.1, 0.15) is 27.7 Å². The zero-order valence-electron chi connectivity index (χ0n) is 24.9. The Hall–Kier alpha value is -2.55. The lowest BCUT2D eigenvalue weighted by molar-refractivity contribution is 0.0800. The molecule has 3 rings (SSSR count). The predicted molar refractivity (Wildman–Crippen MR) is 158 cm³/mol. The number of hydrogen-bond acceptors (Lipinski definition) is 6. The highest BCUT2D eigenvalue weighted by Gasteiger charge is 2.38. The van der Waals surface area contributed by atoms with Gasteiger partial charge in [-0.2, -0.15) is 0 Å². The van der Waals surface area contributed by atoms with Gasteiger partial charge in [0.1, 0.15) is 12.6 Å². The Balaban J connectivity index is 2.15. The third kappa shape index (κ3) is 6.79. The summed E-state index contributed by atoms with van der Waals surface area (Å²) in [5, 5.41) is 9.62. The van der Waals surface area contributed by atoms with Crippen molar-refractivity contribution in [2.24, 2.45) is 7.05 Å². The van der Waals surface area contributed by atoms with Gasteiger partial charge in [0.2, 0.25) is 0 Å². The molecule has 1 aromatic carbocycles. The van der Waals surface area contributed by atoms with Gasteiger partial charge in [-0.25, -0.2) is 18.7 Å². The minimum atomic E-state index is -2.14. The molecule has 1 unspecified atom stereocenters. The summed E-state index contributed by atoms with van der Waals surface area (Å²) in [5.41, 5.74) is -0.303. The largest absolute Gasteiger partial charge is 0.505 e. The lowest BCUT2D eigenvalue weighted by Crippen LogP contribution is -2.46. The van der Waals surface area contributed by atoms with Crippen LogP contribution in [-0.4, -0.2) is 52.9 Å². The zero-order valence-corrected chi connectivity index (χ0v) is 26.9. The molecule has 0 saturated carbocycles. The standard InChI is InChI=1S/C27H43FN4O5Si2/c1-18(37-39(9,10)27(2,3)4)16-31-24-22(25(34)32(26(31)35)17-36-13-14-38(6,7)8)30(5)23(29-24)19-11-12-21(33)20(28)15-19/h11-12,15,18,33H,13-14,16-17H2,1-10H3. The van der Waals surface area contributed by atoms with E-state index in [1.807, 2.05) is 6.92 Å². The fourth-order valence-electron chi connectivity index (χ4n) is 4.05. The van der Waals surface area contributed by atoms with E-state index < -0.39 is 39.2 Å². The number of benzene rings is 1. The Morgan fingerprint density at radius 1 is 1.10 bits per heavy atom. The summed E-state index contributed by atoms with van der Waals surface area (Å²) >= 11 is 0. The van der Waals surface area contributed by atoms with Crippen molar-refractivity contribution >= 4 is 27.6 Å². The molecule has 1 N–H and O–H groups in total. The van der Waals surface area contributed by atoms with Crippen LogP contribution < -0.4 is 11.2 Å². The van der Waals surface area contributed by atoms with Crippen molar-refractivity contribution in [3.05, 3.63) is 44.9 Å². The molecule has 0 spiro atoms. The second kappa shape index (κ2) is 11.1. The van der Waals surface area contributed by atoms with Crippen molar-refractivity contribution < 1.29 is 18.7 Å². The first kappa shape index (κ1) is 31.0. The van der Waals surface area contributed by atoms with Crippen LogP contribution in [0.2, 0.25) is 43.8 Å². The molecule has 0 amide bonds. The number of ether oxygens (including phenoxy) is 1. The van der Waals surface area contributed by atoms with E-state index in [9.17, 15) is 19.1 Å². The molecule has 0 aliphatic carbocycles. The molecular formula is C27H43FN4O5Si2. The van der Waals surface area contributed by atoms with Crippen LogP contribution in [0.3, 0.4) is 0 Å². The van der Waals surface area contributed by atoms with Crippen LogP contribution in [-0.2, 0) is 29.5 Å². The third-order valence-electron chi connectivity index (χ3n) is 7.41. The maximum atomic E-state index is 14.2. The van der Waals surface area contributed by atoms with E-state index in [1.165, 1.54) is 16.7 Å². The predicted octanol–water partition coefficient (Wildman–Crippen LogP) is 5.13. The highest BCUT2D eigenvalue weighted by Crippen LogP contribution is 2.37. The number of halogens is 1. The highest BCUT2D eigenvalue weighted by atomic mass is 28.4. The van der Waals surface area contributed by atoms with Gasteiger partial charge in [-0.15, -0.1) is 0 Å². The number of hydrogen-bond donors (Lipinski definition) is 1. The first-order valence-corrected chi connectivity index (χ1v) is 19.9. The third-order valence-corrected chi connectivity index (χ3v) is 13.7. The number of imidazole rings is 1. The van der Waals surface area contributed by atoms with Gasteiger partial charge in [-0.1, -0.05) is 40.4 Å². The second-order valence-corrected chi connectivity index (χ2v) is 23.4. The number of phenols is 1. The van der Waals surface area contributed by atoms with Crippen LogP contribution in [0.25, 0.3) is 22.6 Å². The van der Waals surface area contributed by atoms with Gasteiger partial charge < -0.3 is 18.8 Å². The summed E-state index contributed by atoms with van der Waals surface area (Å²) in [6.07, 6.45) is -0.331. The van der Waals surface area contributed by atoms with E-state index in [1.54, 1.807) is 11.6 Å². The molecule has 1 atom stereocenters. The number of aromatic hydroxyl groups is 1. The van der Waals surface area contributed by atoms with Crippen LogP contribution in [0.15, 0.2) is 27.8 Å². The van der Waals surface area contributed by atoms with Crippen molar-refractivity contribution in [2.75, 3.05) is 6.61 Å². The Kier molecular flexibility index (Phi) is 8.85. The Morgan fingerprint density at radius 2 is 1.74 bits per heavy atom. The summed E-state index contributed by atoms with van der Waals surface area (Å²) in [5.74, 6) is -0.991. The number of phenolic OH excluding ortho intramolecular Hbond substituents is 1. The topological polar surface area (TPSA) is 101 Å². The van der Waals surface area contributed by atoms with Crippen LogP contribution in [0.4, 0.5) is 4.39 Å². The first-order chi connectivity index (χ1) is 17.8. The van der Waals surface area contributed by atoms with Gasteiger partial charge >= 0.3 is 5.69 Å². The second-order valence-electron chi connectivity index (χ2n) is 13.0. The van der Waals surface area contributed by atoms with Gasteiger partial charge in [0.15, 0.2) is 31.0 Å².